The van der Waals surface area contributed by atoms with Crippen LogP contribution in [0.1, 0.15) is 46.0 Å². The summed E-state index contributed by atoms with van der Waals surface area (Å²) in [5, 5.41) is 9.58. The third kappa shape index (κ3) is 4.41. The summed E-state index contributed by atoms with van der Waals surface area (Å²) in [5.74, 6) is -1.20. The van der Waals surface area contributed by atoms with Crippen molar-refractivity contribution in [3.63, 3.8) is 0 Å². The Morgan fingerprint density at radius 1 is 1.24 bits per heavy atom. The largest absolute Gasteiger partial charge is 0.479 e. The Balaban J connectivity index is 2.63. The predicted molar refractivity (Wildman–Crippen MR) is 78.1 cm³/mol. The number of carboxylic acid groups (broad SMARTS) is 1. The maximum absolute atomic E-state index is 12.4. The van der Waals surface area contributed by atoms with Gasteiger partial charge in [-0.15, -0.1) is 0 Å². The van der Waals surface area contributed by atoms with E-state index in [1.54, 1.807) is 14.0 Å². The van der Waals surface area contributed by atoms with Gasteiger partial charge in [0.05, 0.1) is 13.2 Å². The molecule has 1 aliphatic carbocycles. The molecular weight excluding hydrogens is 274 g/mol. The van der Waals surface area contributed by atoms with Gasteiger partial charge in [0.15, 0.2) is 0 Å². The molecule has 6 nitrogen and oxygen atoms in total. The quantitative estimate of drug-likeness (QED) is 0.690. The fourth-order valence-electron chi connectivity index (χ4n) is 2.81. The van der Waals surface area contributed by atoms with Gasteiger partial charge in [0, 0.05) is 13.7 Å². The third-order valence-corrected chi connectivity index (χ3v) is 4.20. The van der Waals surface area contributed by atoms with Gasteiger partial charge < -0.3 is 19.5 Å². The van der Waals surface area contributed by atoms with E-state index in [0.29, 0.717) is 32.7 Å². The molecule has 1 saturated carbocycles. The highest BCUT2D eigenvalue weighted by molar-refractivity contribution is 5.89. The summed E-state index contributed by atoms with van der Waals surface area (Å²) in [6, 6.07) is 0. The number of carbonyl (C=O) groups is 2. The van der Waals surface area contributed by atoms with Crippen LogP contribution >= 0.6 is 0 Å². The number of likely N-dealkylation sites (N-methyl/N-ethyl adjacent to an activating group) is 1. The molecule has 0 aliphatic heterocycles. The van der Waals surface area contributed by atoms with E-state index in [0.717, 1.165) is 19.3 Å². The van der Waals surface area contributed by atoms with Crippen LogP contribution in [0, 0.1) is 0 Å². The first kappa shape index (κ1) is 17.9. The summed E-state index contributed by atoms with van der Waals surface area (Å²) < 4.78 is 10.6. The number of carboxylic acids is 1. The minimum atomic E-state index is -1.08. The van der Waals surface area contributed by atoms with Crippen LogP contribution in [-0.2, 0) is 19.1 Å². The Hall–Kier alpha value is -1.14. The van der Waals surface area contributed by atoms with E-state index >= 15 is 0 Å². The average molecular weight is 301 g/mol. The molecule has 1 aliphatic rings. The fraction of sp³-hybridized carbons (Fsp3) is 0.867. The van der Waals surface area contributed by atoms with E-state index in [9.17, 15) is 14.7 Å². The molecule has 1 atom stereocenters. The smallest absolute Gasteiger partial charge is 0.329 e. The molecule has 6 heteroatoms. The molecule has 0 aromatic heterocycles. The van der Waals surface area contributed by atoms with E-state index in [4.69, 9.17) is 9.47 Å². The number of nitrogens with zero attached hydrogens (tertiary/aromatic N) is 1. The van der Waals surface area contributed by atoms with Crippen molar-refractivity contribution in [3.05, 3.63) is 0 Å². The monoisotopic (exact) mass is 301 g/mol. The van der Waals surface area contributed by atoms with Crippen LogP contribution in [0.3, 0.4) is 0 Å². The van der Waals surface area contributed by atoms with Crippen LogP contribution in [0.15, 0.2) is 0 Å². The topological polar surface area (TPSA) is 76.1 Å². The number of hydrogen-bond acceptors (Lipinski definition) is 4. The van der Waals surface area contributed by atoms with Gasteiger partial charge in [-0.1, -0.05) is 19.3 Å². The van der Waals surface area contributed by atoms with E-state index < -0.39 is 17.6 Å². The Morgan fingerprint density at radius 3 is 2.38 bits per heavy atom. The molecule has 1 unspecified atom stereocenters. The van der Waals surface area contributed by atoms with Gasteiger partial charge >= 0.3 is 5.97 Å². The van der Waals surface area contributed by atoms with Gasteiger partial charge in [-0.2, -0.15) is 0 Å². The van der Waals surface area contributed by atoms with Crippen molar-refractivity contribution in [3.8, 4) is 0 Å². The van der Waals surface area contributed by atoms with Gasteiger partial charge in [0.1, 0.15) is 11.6 Å². The van der Waals surface area contributed by atoms with Crippen molar-refractivity contribution in [2.24, 2.45) is 0 Å². The molecule has 0 bridgehead atoms. The van der Waals surface area contributed by atoms with E-state index in [-0.39, 0.29) is 5.91 Å². The van der Waals surface area contributed by atoms with Gasteiger partial charge in [0.2, 0.25) is 0 Å². The summed E-state index contributed by atoms with van der Waals surface area (Å²) in [4.78, 5) is 25.5. The van der Waals surface area contributed by atoms with Crippen molar-refractivity contribution in [2.45, 2.75) is 57.6 Å². The van der Waals surface area contributed by atoms with E-state index in [1.165, 1.54) is 4.90 Å². The van der Waals surface area contributed by atoms with Crippen LogP contribution in [0.2, 0.25) is 0 Å². The highest BCUT2D eigenvalue weighted by Gasteiger charge is 2.46. The number of ether oxygens (including phenoxy) is 2. The van der Waals surface area contributed by atoms with Crippen molar-refractivity contribution in [1.29, 1.82) is 0 Å². The number of hydrogen-bond donors (Lipinski definition) is 1. The third-order valence-electron chi connectivity index (χ3n) is 4.20. The molecule has 0 radical (unpaired) electrons. The molecule has 0 heterocycles. The zero-order chi connectivity index (χ0) is 15.9. The molecule has 1 fully saturated rings. The van der Waals surface area contributed by atoms with Crippen LogP contribution < -0.4 is 0 Å². The Kier molecular flexibility index (Phi) is 7.11. The van der Waals surface area contributed by atoms with Gasteiger partial charge in [-0.25, -0.2) is 4.79 Å². The number of aliphatic carboxylic acids is 1. The predicted octanol–water partition coefficient (Wildman–Crippen LogP) is 1.67. The van der Waals surface area contributed by atoms with Crippen LogP contribution in [0.25, 0.3) is 0 Å². The first-order valence-electron chi connectivity index (χ1n) is 7.66. The molecule has 0 aromatic carbocycles. The minimum absolute atomic E-state index is 0.282. The number of amides is 1. The molecule has 1 amide bonds. The van der Waals surface area contributed by atoms with Gasteiger partial charge in [-0.3, -0.25) is 4.79 Å². The summed E-state index contributed by atoms with van der Waals surface area (Å²) in [7, 11) is 1.57. The molecule has 21 heavy (non-hydrogen) atoms. The van der Waals surface area contributed by atoms with Crippen molar-refractivity contribution >= 4 is 11.9 Å². The molecule has 0 saturated heterocycles. The van der Waals surface area contributed by atoms with Gasteiger partial charge in [0.25, 0.3) is 5.91 Å². The van der Waals surface area contributed by atoms with Crippen LogP contribution in [0.5, 0.6) is 0 Å². The lowest BCUT2D eigenvalue weighted by Gasteiger charge is -2.41. The summed E-state index contributed by atoms with van der Waals surface area (Å²) in [6.07, 6.45) is 3.06. The highest BCUT2D eigenvalue weighted by atomic mass is 16.5. The Morgan fingerprint density at radius 2 is 1.86 bits per heavy atom. The van der Waals surface area contributed by atoms with Crippen molar-refractivity contribution in [2.75, 3.05) is 26.9 Å². The molecule has 1 rings (SSSR count). The normalized spacial score (nSPS) is 19.0. The van der Waals surface area contributed by atoms with Crippen molar-refractivity contribution < 1.29 is 24.2 Å². The second-order valence-electron chi connectivity index (χ2n) is 5.50. The standard InChI is InChI=1S/C15H27NO5/c1-4-20-10-11-21-12(2)13(17)16(3)15(14(18)19)8-6-5-7-9-15/h12H,4-11H2,1-3H3,(H,18,19). The SMILES string of the molecule is CCOCCOC(C)C(=O)N(C)C1(C(=O)O)CCCCC1. The Bertz CT molecular complexity index is 352. The van der Waals surface area contributed by atoms with E-state index in [1.807, 2.05) is 6.92 Å². The average Bonchev–Trinajstić information content (AvgIpc) is 2.50. The lowest BCUT2D eigenvalue weighted by Crippen LogP contribution is -2.58. The summed E-state index contributed by atoms with van der Waals surface area (Å²) in [6.45, 7) is 4.91. The van der Waals surface area contributed by atoms with Crippen molar-refractivity contribution in [1.82, 2.24) is 4.90 Å². The molecule has 0 spiro atoms. The molecule has 1 N–H and O–H groups in total. The molecular formula is C15H27NO5. The maximum Gasteiger partial charge on any atom is 0.329 e. The first-order chi connectivity index (χ1) is 9.95. The molecule has 122 valence electrons. The summed E-state index contributed by atoms with van der Waals surface area (Å²) in [5.41, 5.74) is -1.08. The highest BCUT2D eigenvalue weighted by Crippen LogP contribution is 2.33. The zero-order valence-electron chi connectivity index (χ0n) is 13.3. The van der Waals surface area contributed by atoms with E-state index in [2.05, 4.69) is 0 Å². The second kappa shape index (κ2) is 8.34. The maximum atomic E-state index is 12.4. The first-order valence-corrected chi connectivity index (χ1v) is 7.66. The lowest BCUT2D eigenvalue weighted by atomic mass is 9.80. The Labute approximate surface area is 126 Å². The number of rotatable bonds is 8. The van der Waals surface area contributed by atoms with Gasteiger partial charge in [-0.05, 0) is 26.7 Å². The van der Waals surface area contributed by atoms with Crippen LogP contribution in [0.4, 0.5) is 0 Å². The summed E-state index contributed by atoms with van der Waals surface area (Å²) >= 11 is 0. The lowest BCUT2D eigenvalue weighted by molar-refractivity contribution is -0.165. The zero-order valence-corrected chi connectivity index (χ0v) is 13.3. The second-order valence-corrected chi connectivity index (χ2v) is 5.50. The van der Waals surface area contributed by atoms with Crippen LogP contribution in [-0.4, -0.2) is 60.4 Å². The minimum Gasteiger partial charge on any atom is -0.479 e. The fourth-order valence-corrected chi connectivity index (χ4v) is 2.81. The number of carbonyl (C=O) groups excluding carboxylic acids is 1. The molecule has 0 aromatic rings.